The molecule has 2 unspecified atom stereocenters. The van der Waals surface area contributed by atoms with Crippen LogP contribution in [-0.4, -0.2) is 13.1 Å². The molecule has 0 N–H and O–H groups in total. The fourth-order valence-electron chi connectivity index (χ4n) is 3.08. The lowest BCUT2D eigenvalue weighted by atomic mass is 9.86. The number of carbonyl (C=O) groups excluding carboxylic acids is 1. The van der Waals surface area contributed by atoms with Gasteiger partial charge in [0.25, 0.3) is 0 Å². The molecule has 0 heterocycles. The van der Waals surface area contributed by atoms with E-state index >= 15 is 0 Å². The van der Waals surface area contributed by atoms with Crippen LogP contribution < -0.4 is 0 Å². The summed E-state index contributed by atoms with van der Waals surface area (Å²) in [5.41, 5.74) is 1.99. The van der Waals surface area contributed by atoms with Crippen LogP contribution in [0.1, 0.15) is 57.6 Å². The average molecular weight is 260 g/mol. The zero-order chi connectivity index (χ0) is 14.3. The summed E-state index contributed by atoms with van der Waals surface area (Å²) in [5, 5.41) is 0. The highest BCUT2D eigenvalue weighted by Gasteiger charge is 2.68. The minimum atomic E-state index is -0.435. The first-order valence-corrected chi connectivity index (χ1v) is 7.08. The van der Waals surface area contributed by atoms with Gasteiger partial charge in [0.15, 0.2) is 0 Å². The second-order valence-corrected chi connectivity index (χ2v) is 6.39. The van der Waals surface area contributed by atoms with E-state index < -0.39 is 5.41 Å². The van der Waals surface area contributed by atoms with Crippen molar-refractivity contribution in [3.63, 3.8) is 0 Å². The molecular weight excluding hydrogens is 236 g/mol. The summed E-state index contributed by atoms with van der Waals surface area (Å²) in [4.78, 5) is 12.2. The van der Waals surface area contributed by atoms with Gasteiger partial charge in [0, 0.05) is 0 Å². The van der Waals surface area contributed by atoms with Crippen molar-refractivity contribution in [2.45, 2.75) is 51.9 Å². The Hall–Kier alpha value is -1.31. The summed E-state index contributed by atoms with van der Waals surface area (Å²) < 4.78 is 5.03. The number of ether oxygens (including phenoxy) is 1. The Kier molecular flexibility index (Phi) is 3.46. The molecule has 0 spiro atoms. The molecule has 19 heavy (non-hydrogen) atoms. The lowest BCUT2D eigenvalue weighted by Crippen LogP contribution is -2.27. The van der Waals surface area contributed by atoms with Crippen molar-refractivity contribution < 1.29 is 9.53 Å². The smallest absolute Gasteiger partial charge is 0.316 e. The van der Waals surface area contributed by atoms with Crippen molar-refractivity contribution in [1.82, 2.24) is 0 Å². The molecule has 0 aliphatic heterocycles. The number of hydrogen-bond donors (Lipinski definition) is 0. The molecule has 1 aliphatic rings. The third-order valence-electron chi connectivity index (χ3n) is 4.86. The topological polar surface area (TPSA) is 26.3 Å². The van der Waals surface area contributed by atoms with Gasteiger partial charge in [-0.2, -0.15) is 0 Å². The van der Waals surface area contributed by atoms with Crippen LogP contribution in [0.3, 0.4) is 0 Å². The van der Waals surface area contributed by atoms with E-state index in [1.165, 1.54) is 12.7 Å². The van der Waals surface area contributed by atoms with Crippen molar-refractivity contribution in [3.05, 3.63) is 35.4 Å². The number of methoxy groups -OCH3 is 1. The van der Waals surface area contributed by atoms with Gasteiger partial charge in [-0.25, -0.2) is 0 Å². The van der Waals surface area contributed by atoms with Crippen LogP contribution >= 0.6 is 0 Å². The highest BCUT2D eigenvalue weighted by Crippen LogP contribution is 2.64. The molecule has 1 aliphatic carbocycles. The average Bonchev–Trinajstić information content (AvgIpc) is 3.01. The minimum Gasteiger partial charge on any atom is -0.468 e. The molecule has 0 bridgehead atoms. The molecule has 0 aromatic heterocycles. The van der Waals surface area contributed by atoms with Gasteiger partial charge >= 0.3 is 5.97 Å². The molecule has 2 atom stereocenters. The van der Waals surface area contributed by atoms with Crippen LogP contribution in [0.15, 0.2) is 24.3 Å². The highest BCUT2D eigenvalue weighted by molar-refractivity contribution is 5.88. The van der Waals surface area contributed by atoms with Crippen LogP contribution in [0, 0.1) is 5.41 Å². The molecule has 1 aromatic rings. The minimum absolute atomic E-state index is 0.00200. The van der Waals surface area contributed by atoms with Gasteiger partial charge in [0.1, 0.15) is 0 Å². The van der Waals surface area contributed by atoms with E-state index in [2.05, 4.69) is 52.0 Å². The van der Waals surface area contributed by atoms with Gasteiger partial charge < -0.3 is 4.74 Å². The van der Waals surface area contributed by atoms with Crippen molar-refractivity contribution >= 4 is 5.97 Å². The lowest BCUT2D eigenvalue weighted by molar-refractivity contribution is -0.144. The first-order chi connectivity index (χ1) is 8.89. The first-order valence-electron chi connectivity index (χ1n) is 7.08. The SMILES string of the molecule is CCC(C)c1ccc(C2(C(=O)OC)CC2(C)C)cc1. The number of carbonyl (C=O) groups is 1. The predicted octanol–water partition coefficient (Wildman–Crippen LogP) is 4.04. The van der Waals surface area contributed by atoms with Gasteiger partial charge in [0.05, 0.1) is 12.5 Å². The molecule has 1 fully saturated rings. The molecule has 2 nitrogen and oxygen atoms in total. The maximum atomic E-state index is 12.2. The molecule has 104 valence electrons. The normalized spacial score (nSPS) is 25.7. The van der Waals surface area contributed by atoms with Crippen molar-refractivity contribution in [2.24, 2.45) is 5.41 Å². The van der Waals surface area contributed by atoms with E-state index in [4.69, 9.17) is 4.74 Å². The second-order valence-electron chi connectivity index (χ2n) is 6.39. The van der Waals surface area contributed by atoms with Crippen LogP contribution in [0.25, 0.3) is 0 Å². The largest absolute Gasteiger partial charge is 0.468 e. The summed E-state index contributed by atoms with van der Waals surface area (Å²) in [6, 6.07) is 8.52. The molecule has 0 saturated heterocycles. The third kappa shape index (κ3) is 2.07. The highest BCUT2D eigenvalue weighted by atomic mass is 16.5. The quantitative estimate of drug-likeness (QED) is 0.764. The van der Waals surface area contributed by atoms with Crippen LogP contribution in [0.5, 0.6) is 0 Å². The summed E-state index contributed by atoms with van der Waals surface area (Å²) in [6.45, 7) is 8.68. The summed E-state index contributed by atoms with van der Waals surface area (Å²) in [7, 11) is 1.48. The summed E-state index contributed by atoms with van der Waals surface area (Å²) in [6.07, 6.45) is 2.00. The maximum absolute atomic E-state index is 12.2. The molecule has 2 rings (SSSR count). The van der Waals surface area contributed by atoms with E-state index in [0.717, 1.165) is 18.4 Å². The van der Waals surface area contributed by atoms with Gasteiger partial charge in [-0.3, -0.25) is 4.79 Å². The Morgan fingerprint density at radius 2 is 1.84 bits per heavy atom. The van der Waals surface area contributed by atoms with E-state index in [0.29, 0.717) is 5.92 Å². The Morgan fingerprint density at radius 1 is 1.32 bits per heavy atom. The number of benzene rings is 1. The van der Waals surface area contributed by atoms with Crippen LogP contribution in [0.4, 0.5) is 0 Å². The fourth-order valence-corrected chi connectivity index (χ4v) is 3.08. The van der Waals surface area contributed by atoms with Crippen molar-refractivity contribution in [3.8, 4) is 0 Å². The summed E-state index contributed by atoms with van der Waals surface area (Å²) >= 11 is 0. The van der Waals surface area contributed by atoms with Gasteiger partial charge in [-0.1, -0.05) is 52.0 Å². The Labute approximate surface area is 116 Å². The summed E-state index contributed by atoms with van der Waals surface area (Å²) in [5.74, 6) is 0.462. The monoisotopic (exact) mass is 260 g/mol. The first kappa shape index (κ1) is 14.1. The number of rotatable bonds is 4. The maximum Gasteiger partial charge on any atom is 0.316 e. The third-order valence-corrected chi connectivity index (χ3v) is 4.86. The predicted molar refractivity (Wildman–Crippen MR) is 77.2 cm³/mol. The lowest BCUT2D eigenvalue weighted by Gasteiger charge is -2.19. The second kappa shape index (κ2) is 4.66. The fraction of sp³-hybridized carbons (Fsp3) is 0.588. The van der Waals surface area contributed by atoms with Gasteiger partial charge in [-0.05, 0) is 35.3 Å². The Bertz CT molecular complexity index is 473. The number of hydrogen-bond acceptors (Lipinski definition) is 2. The van der Waals surface area contributed by atoms with Crippen molar-refractivity contribution in [2.75, 3.05) is 7.11 Å². The van der Waals surface area contributed by atoms with E-state index in [1.54, 1.807) is 0 Å². The van der Waals surface area contributed by atoms with Crippen molar-refractivity contribution in [1.29, 1.82) is 0 Å². The molecular formula is C17H24O2. The van der Waals surface area contributed by atoms with Crippen LogP contribution in [0.2, 0.25) is 0 Å². The molecule has 2 heteroatoms. The van der Waals surface area contributed by atoms with E-state index in [1.807, 2.05) is 0 Å². The number of esters is 1. The van der Waals surface area contributed by atoms with Gasteiger partial charge in [-0.15, -0.1) is 0 Å². The zero-order valence-electron chi connectivity index (χ0n) is 12.6. The van der Waals surface area contributed by atoms with E-state index in [-0.39, 0.29) is 11.4 Å². The standard InChI is InChI=1S/C17H24O2/c1-6-12(2)13-7-9-14(10-8-13)17(15(18)19-5)11-16(17,3)4/h7-10,12H,6,11H2,1-5H3. The molecule has 0 radical (unpaired) electrons. The Balaban J connectivity index is 2.33. The molecule has 1 aromatic carbocycles. The Morgan fingerprint density at radius 3 is 2.21 bits per heavy atom. The zero-order valence-corrected chi connectivity index (χ0v) is 12.6. The molecule has 0 amide bonds. The van der Waals surface area contributed by atoms with Crippen LogP contribution in [-0.2, 0) is 14.9 Å². The van der Waals surface area contributed by atoms with Gasteiger partial charge in [0.2, 0.25) is 0 Å². The van der Waals surface area contributed by atoms with E-state index in [9.17, 15) is 4.79 Å². The molecule has 1 saturated carbocycles.